The number of benzene rings is 1. The lowest BCUT2D eigenvalue weighted by Gasteiger charge is -2.34. The van der Waals surface area contributed by atoms with Gasteiger partial charge in [-0.1, -0.05) is 0 Å². The van der Waals surface area contributed by atoms with Gasteiger partial charge < -0.3 is 14.8 Å². The Morgan fingerprint density at radius 2 is 2.10 bits per heavy atom. The lowest BCUT2D eigenvalue weighted by atomic mass is 9.96. The molecule has 0 bridgehead atoms. The second-order valence-electron chi connectivity index (χ2n) is 8.18. The number of hydrogen-bond acceptors (Lipinski definition) is 6. The number of hydrogen-bond donors (Lipinski definition) is 1. The lowest BCUT2D eigenvalue weighted by molar-refractivity contribution is -0.384. The van der Waals surface area contributed by atoms with E-state index < -0.39 is 4.92 Å². The van der Waals surface area contributed by atoms with Gasteiger partial charge in [-0.2, -0.15) is 0 Å². The maximum Gasteiger partial charge on any atom is 0.293 e. The van der Waals surface area contributed by atoms with Crippen molar-refractivity contribution in [3.63, 3.8) is 0 Å². The normalized spacial score (nSPS) is 19.4. The monoisotopic (exact) mass is 398 g/mol. The van der Waals surface area contributed by atoms with Gasteiger partial charge in [0.25, 0.3) is 11.6 Å². The van der Waals surface area contributed by atoms with Crippen LogP contribution >= 0.6 is 0 Å². The molecule has 1 amide bonds. The molecule has 2 fully saturated rings. The summed E-state index contributed by atoms with van der Waals surface area (Å²) in [7, 11) is 0. The Kier molecular flexibility index (Phi) is 5.21. The topological polar surface area (TPSA) is 106 Å². The first-order valence-corrected chi connectivity index (χ1v) is 10.2. The highest BCUT2D eigenvalue weighted by Gasteiger charge is 2.30. The first-order chi connectivity index (χ1) is 13.9. The number of nitrogens with one attached hydrogen (secondary N) is 1. The number of nitro benzene ring substituents is 1. The summed E-state index contributed by atoms with van der Waals surface area (Å²) in [6, 6.07) is 5.25. The average Bonchev–Trinajstić information content (AvgIpc) is 3.38. The minimum atomic E-state index is -0.399. The minimum absolute atomic E-state index is 0.0283. The molecule has 0 radical (unpaired) electrons. The molecule has 4 rings (SSSR count). The molecule has 1 aliphatic heterocycles. The number of carbonyl (C=O) groups is 1. The third-order valence-electron chi connectivity index (χ3n) is 5.63. The van der Waals surface area contributed by atoms with Crippen molar-refractivity contribution in [1.82, 2.24) is 20.1 Å². The van der Waals surface area contributed by atoms with Crippen LogP contribution in [0.3, 0.4) is 0 Å². The number of nitro groups is 1. The first-order valence-electron chi connectivity index (χ1n) is 10.2. The molecular weight excluding hydrogens is 372 g/mol. The molecule has 1 saturated carbocycles. The van der Waals surface area contributed by atoms with Crippen LogP contribution in [0.4, 0.5) is 11.4 Å². The van der Waals surface area contributed by atoms with Gasteiger partial charge in [-0.3, -0.25) is 14.9 Å². The zero-order chi connectivity index (χ0) is 20.5. The summed E-state index contributed by atoms with van der Waals surface area (Å²) in [4.78, 5) is 25.7. The number of nitrogens with zero attached hydrogens (tertiary/aromatic N) is 5. The second kappa shape index (κ2) is 7.81. The highest BCUT2D eigenvalue weighted by Crippen LogP contribution is 2.35. The Balaban J connectivity index is 1.58. The molecule has 0 spiro atoms. The lowest BCUT2D eigenvalue weighted by Crippen LogP contribution is -2.36. The number of carbonyl (C=O) groups excluding carboxylic acids is 1. The molecule has 29 heavy (non-hydrogen) atoms. The van der Waals surface area contributed by atoms with Gasteiger partial charge in [0.05, 0.1) is 4.92 Å². The Labute approximate surface area is 169 Å². The van der Waals surface area contributed by atoms with Crippen LogP contribution in [0.2, 0.25) is 0 Å². The van der Waals surface area contributed by atoms with Crippen LogP contribution in [0.15, 0.2) is 24.5 Å². The molecule has 9 heteroatoms. The molecule has 2 heterocycles. The van der Waals surface area contributed by atoms with Gasteiger partial charge in [-0.05, 0) is 51.7 Å². The predicted molar refractivity (Wildman–Crippen MR) is 108 cm³/mol. The summed E-state index contributed by atoms with van der Waals surface area (Å²) >= 11 is 0. The van der Waals surface area contributed by atoms with Gasteiger partial charge in [0.2, 0.25) is 0 Å². The van der Waals surface area contributed by atoms with Crippen molar-refractivity contribution in [1.29, 1.82) is 0 Å². The van der Waals surface area contributed by atoms with E-state index in [0.29, 0.717) is 17.8 Å². The highest BCUT2D eigenvalue weighted by molar-refractivity contribution is 5.96. The van der Waals surface area contributed by atoms with E-state index in [4.69, 9.17) is 0 Å². The summed E-state index contributed by atoms with van der Waals surface area (Å²) in [5.41, 5.74) is 0.859. The molecule has 154 valence electrons. The van der Waals surface area contributed by atoms with Crippen LogP contribution in [0, 0.1) is 10.1 Å². The maximum absolute atomic E-state index is 12.3. The zero-order valence-corrected chi connectivity index (χ0v) is 16.7. The molecular formula is C20H26N6O3. The van der Waals surface area contributed by atoms with Crippen LogP contribution in [-0.4, -0.2) is 44.7 Å². The van der Waals surface area contributed by atoms with Crippen LogP contribution in [0.25, 0.3) is 0 Å². The van der Waals surface area contributed by atoms with Crippen molar-refractivity contribution in [2.45, 2.75) is 57.5 Å². The van der Waals surface area contributed by atoms with Gasteiger partial charge in [0.15, 0.2) is 0 Å². The smallest absolute Gasteiger partial charge is 0.293 e. The number of piperidine rings is 1. The maximum atomic E-state index is 12.3. The third-order valence-corrected chi connectivity index (χ3v) is 5.63. The largest absolute Gasteiger partial charge is 0.365 e. The van der Waals surface area contributed by atoms with Gasteiger partial charge >= 0.3 is 0 Å². The minimum Gasteiger partial charge on any atom is -0.365 e. The summed E-state index contributed by atoms with van der Waals surface area (Å²) in [5.74, 6) is 0.836. The number of amides is 1. The Morgan fingerprint density at radius 1 is 1.31 bits per heavy atom. The summed E-state index contributed by atoms with van der Waals surface area (Å²) in [6.45, 7) is 5.55. The fourth-order valence-electron chi connectivity index (χ4n) is 3.92. The molecule has 1 aromatic carbocycles. The predicted octanol–water partition coefficient (Wildman–Crippen LogP) is 3.04. The molecule has 1 atom stereocenters. The van der Waals surface area contributed by atoms with Gasteiger partial charge in [0.1, 0.15) is 17.8 Å². The standard InChI is InChI=1S/C20H26N6O3/c1-13(2)25-12-21-23-19(25)15-4-3-9-24(11-15)17-8-5-14(10-18(17)26(28)29)20(27)22-16-6-7-16/h5,8,10,12-13,15-16H,3-4,6-7,9,11H2,1-2H3,(H,22,27). The van der Waals surface area contributed by atoms with Crippen molar-refractivity contribution < 1.29 is 9.72 Å². The van der Waals surface area contributed by atoms with Crippen molar-refractivity contribution >= 4 is 17.3 Å². The number of anilines is 1. The first kappa shape index (κ1) is 19.4. The van der Waals surface area contributed by atoms with E-state index in [0.717, 1.165) is 38.1 Å². The number of aromatic nitrogens is 3. The van der Waals surface area contributed by atoms with Gasteiger partial charge in [-0.15, -0.1) is 10.2 Å². The Hall–Kier alpha value is -2.97. The molecule has 9 nitrogen and oxygen atoms in total. The van der Waals surface area contributed by atoms with E-state index in [1.165, 1.54) is 6.07 Å². The van der Waals surface area contributed by atoms with Crippen molar-refractivity contribution in [3.8, 4) is 0 Å². The highest BCUT2D eigenvalue weighted by atomic mass is 16.6. The van der Waals surface area contributed by atoms with Crippen molar-refractivity contribution in [2.24, 2.45) is 0 Å². The van der Waals surface area contributed by atoms with E-state index in [1.807, 2.05) is 4.90 Å². The number of rotatable bonds is 6. The van der Waals surface area contributed by atoms with E-state index >= 15 is 0 Å². The van der Waals surface area contributed by atoms with Crippen LogP contribution in [0.5, 0.6) is 0 Å². The average molecular weight is 398 g/mol. The van der Waals surface area contributed by atoms with Crippen LogP contribution in [0.1, 0.15) is 67.7 Å². The van der Waals surface area contributed by atoms with E-state index in [-0.39, 0.29) is 29.6 Å². The van der Waals surface area contributed by atoms with Crippen molar-refractivity contribution in [2.75, 3.05) is 18.0 Å². The molecule has 2 aromatic rings. The second-order valence-corrected chi connectivity index (χ2v) is 8.18. The summed E-state index contributed by atoms with van der Waals surface area (Å²) < 4.78 is 2.06. The Bertz CT molecular complexity index is 921. The molecule has 1 unspecified atom stereocenters. The third kappa shape index (κ3) is 4.08. The van der Waals surface area contributed by atoms with E-state index in [1.54, 1.807) is 18.5 Å². The zero-order valence-electron chi connectivity index (χ0n) is 16.7. The summed E-state index contributed by atoms with van der Waals surface area (Å²) in [6.07, 6.45) is 5.58. The fraction of sp³-hybridized carbons (Fsp3) is 0.550. The molecule has 1 N–H and O–H groups in total. The van der Waals surface area contributed by atoms with Gasteiger partial charge in [0, 0.05) is 42.7 Å². The molecule has 1 saturated heterocycles. The van der Waals surface area contributed by atoms with Crippen LogP contribution < -0.4 is 10.2 Å². The molecule has 2 aliphatic rings. The Morgan fingerprint density at radius 3 is 2.79 bits per heavy atom. The van der Waals surface area contributed by atoms with E-state index in [2.05, 4.69) is 33.9 Å². The molecule has 1 aliphatic carbocycles. The summed E-state index contributed by atoms with van der Waals surface area (Å²) in [5, 5.41) is 23.0. The van der Waals surface area contributed by atoms with Crippen molar-refractivity contribution in [3.05, 3.63) is 46.0 Å². The SMILES string of the molecule is CC(C)n1cnnc1C1CCCN(c2ccc(C(=O)NC3CC3)cc2[N+](=O)[O-])C1. The van der Waals surface area contributed by atoms with E-state index in [9.17, 15) is 14.9 Å². The quantitative estimate of drug-likeness (QED) is 0.592. The van der Waals surface area contributed by atoms with Crippen LogP contribution in [-0.2, 0) is 0 Å². The van der Waals surface area contributed by atoms with Gasteiger partial charge in [-0.25, -0.2) is 0 Å². The fourth-order valence-corrected chi connectivity index (χ4v) is 3.92. The molecule has 1 aromatic heterocycles.